The predicted molar refractivity (Wildman–Crippen MR) is 138 cm³/mol. The molecule has 4 atom stereocenters. The Hall–Kier alpha value is -3.49. The second-order valence-electron chi connectivity index (χ2n) is 9.31. The molecule has 3 aromatic carbocycles. The molecule has 36 heavy (non-hydrogen) atoms. The highest BCUT2D eigenvalue weighted by Gasteiger charge is 2.48. The van der Waals surface area contributed by atoms with Gasteiger partial charge >= 0.3 is 6.03 Å². The van der Waals surface area contributed by atoms with E-state index < -0.39 is 40.0 Å². The molecular formula is C28H31N3O4S. The molecule has 1 fully saturated rings. The van der Waals surface area contributed by atoms with E-state index in [0.29, 0.717) is 5.56 Å². The summed E-state index contributed by atoms with van der Waals surface area (Å²) in [6.45, 7) is 5.45. The summed E-state index contributed by atoms with van der Waals surface area (Å²) in [6.07, 6.45) is 0. The standard InChI is InChI=1S/C28H31N3O4S/c1-19-15-17-24(18-16-19)36(34,35)29-25(22-11-7-5-8-12-22)20(2)27(32)31-26(21(3)30(4)28(31)33)23-13-9-6-10-14-23/h5-18,20-21,25-26,29H,1-4H3/t20-,21+,25+,26+/m1/s1. The van der Waals surface area contributed by atoms with Crippen LogP contribution in [0.1, 0.15) is 42.6 Å². The minimum absolute atomic E-state index is 0.112. The first-order valence-corrected chi connectivity index (χ1v) is 13.4. The minimum Gasteiger partial charge on any atom is -0.322 e. The molecule has 3 aromatic rings. The molecule has 188 valence electrons. The Kier molecular flexibility index (Phi) is 7.28. The third-order valence-electron chi connectivity index (χ3n) is 6.89. The van der Waals surface area contributed by atoms with Crippen LogP contribution in [0.4, 0.5) is 4.79 Å². The molecule has 4 rings (SSSR count). The van der Waals surface area contributed by atoms with Crippen LogP contribution in [0.3, 0.4) is 0 Å². The van der Waals surface area contributed by atoms with Gasteiger partial charge in [0, 0.05) is 7.05 Å². The molecule has 0 saturated carbocycles. The fourth-order valence-corrected chi connectivity index (χ4v) is 5.94. The summed E-state index contributed by atoms with van der Waals surface area (Å²) in [4.78, 5) is 30.1. The molecule has 0 unspecified atom stereocenters. The van der Waals surface area contributed by atoms with Crippen LogP contribution in [-0.2, 0) is 14.8 Å². The fraction of sp³-hybridized carbons (Fsp3) is 0.286. The van der Waals surface area contributed by atoms with Crippen LogP contribution < -0.4 is 4.72 Å². The molecule has 0 bridgehead atoms. The van der Waals surface area contributed by atoms with Crippen molar-refractivity contribution in [1.82, 2.24) is 14.5 Å². The zero-order valence-electron chi connectivity index (χ0n) is 20.8. The van der Waals surface area contributed by atoms with Crippen LogP contribution in [0, 0.1) is 12.8 Å². The second kappa shape index (κ2) is 10.2. The average Bonchev–Trinajstić information content (AvgIpc) is 3.11. The number of benzene rings is 3. The molecule has 0 spiro atoms. The van der Waals surface area contributed by atoms with Crippen molar-refractivity contribution in [3.63, 3.8) is 0 Å². The van der Waals surface area contributed by atoms with Gasteiger partial charge in [-0.25, -0.2) is 17.9 Å². The first-order valence-electron chi connectivity index (χ1n) is 11.9. The number of urea groups is 1. The van der Waals surface area contributed by atoms with Crippen molar-refractivity contribution in [2.75, 3.05) is 7.05 Å². The zero-order chi connectivity index (χ0) is 26.0. The van der Waals surface area contributed by atoms with Gasteiger partial charge in [-0.1, -0.05) is 85.3 Å². The predicted octanol–water partition coefficient (Wildman–Crippen LogP) is 4.67. The van der Waals surface area contributed by atoms with Gasteiger partial charge in [0.25, 0.3) is 0 Å². The highest BCUT2D eigenvalue weighted by atomic mass is 32.2. The van der Waals surface area contributed by atoms with Gasteiger partial charge in [-0.15, -0.1) is 0 Å². The number of nitrogens with one attached hydrogen (secondary N) is 1. The Morgan fingerprint density at radius 3 is 2.06 bits per heavy atom. The van der Waals surface area contributed by atoms with E-state index in [1.54, 1.807) is 55.3 Å². The van der Waals surface area contributed by atoms with Crippen LogP contribution in [0.2, 0.25) is 0 Å². The van der Waals surface area contributed by atoms with Crippen LogP contribution in [0.25, 0.3) is 0 Å². The number of nitrogens with zero attached hydrogens (tertiary/aromatic N) is 2. The Morgan fingerprint density at radius 1 is 0.917 bits per heavy atom. The lowest BCUT2D eigenvalue weighted by atomic mass is 9.92. The van der Waals surface area contributed by atoms with E-state index in [4.69, 9.17) is 0 Å². The van der Waals surface area contributed by atoms with Crippen LogP contribution in [0.5, 0.6) is 0 Å². The number of hydrogen-bond donors (Lipinski definition) is 1. The van der Waals surface area contributed by atoms with Crippen molar-refractivity contribution < 1.29 is 18.0 Å². The van der Waals surface area contributed by atoms with Crippen LogP contribution in [-0.4, -0.2) is 43.2 Å². The third-order valence-corrected chi connectivity index (χ3v) is 8.35. The van der Waals surface area contributed by atoms with Gasteiger partial charge in [0.15, 0.2) is 0 Å². The van der Waals surface area contributed by atoms with Crippen molar-refractivity contribution >= 4 is 22.0 Å². The number of carbonyl (C=O) groups is 2. The average molecular weight is 506 g/mol. The van der Waals surface area contributed by atoms with E-state index in [1.165, 1.54) is 17.0 Å². The minimum atomic E-state index is -3.94. The van der Waals surface area contributed by atoms with E-state index in [2.05, 4.69) is 4.72 Å². The van der Waals surface area contributed by atoms with Crippen LogP contribution >= 0.6 is 0 Å². The quantitative estimate of drug-likeness (QED) is 0.505. The van der Waals surface area contributed by atoms with Crippen LogP contribution in [0.15, 0.2) is 89.8 Å². The molecule has 1 saturated heterocycles. The fourth-order valence-electron chi connectivity index (χ4n) is 4.63. The molecule has 1 aliphatic heterocycles. The van der Waals surface area contributed by atoms with Gasteiger partial charge in [-0.2, -0.15) is 0 Å². The molecule has 7 nitrogen and oxygen atoms in total. The maximum atomic E-state index is 14.0. The maximum Gasteiger partial charge on any atom is 0.327 e. The molecule has 0 aromatic heterocycles. The summed E-state index contributed by atoms with van der Waals surface area (Å²) in [5, 5.41) is 0. The van der Waals surface area contributed by atoms with Gasteiger partial charge in [-0.05, 0) is 37.1 Å². The Balaban J connectivity index is 1.71. The number of carbonyl (C=O) groups excluding carboxylic acids is 2. The normalized spacial score (nSPS) is 19.8. The van der Waals surface area contributed by atoms with Crippen molar-refractivity contribution in [3.8, 4) is 0 Å². The molecule has 3 amide bonds. The van der Waals surface area contributed by atoms with Crippen molar-refractivity contribution in [3.05, 3.63) is 102 Å². The van der Waals surface area contributed by atoms with Gasteiger partial charge in [0.1, 0.15) is 0 Å². The number of amides is 3. The first kappa shape index (κ1) is 25.6. The number of imide groups is 1. The summed E-state index contributed by atoms with van der Waals surface area (Å²) in [5.41, 5.74) is 2.42. The SMILES string of the molecule is Cc1ccc(S(=O)(=O)N[C@H](c2ccccc2)[C@@H](C)C(=O)N2C(=O)N(C)[C@@H](C)[C@H]2c2ccccc2)cc1. The Morgan fingerprint density at radius 2 is 1.47 bits per heavy atom. The molecule has 8 heteroatoms. The molecule has 1 aliphatic rings. The largest absolute Gasteiger partial charge is 0.327 e. The summed E-state index contributed by atoms with van der Waals surface area (Å²) in [5.74, 6) is -1.30. The van der Waals surface area contributed by atoms with E-state index >= 15 is 0 Å². The third kappa shape index (κ3) is 4.92. The van der Waals surface area contributed by atoms with Gasteiger partial charge < -0.3 is 4.90 Å². The Bertz CT molecular complexity index is 1330. The number of rotatable bonds is 7. The highest BCUT2D eigenvalue weighted by molar-refractivity contribution is 7.89. The zero-order valence-corrected chi connectivity index (χ0v) is 21.6. The number of aryl methyl sites for hydroxylation is 1. The molecular weight excluding hydrogens is 474 g/mol. The van der Waals surface area contributed by atoms with E-state index in [-0.39, 0.29) is 10.9 Å². The van der Waals surface area contributed by atoms with E-state index in [0.717, 1.165) is 11.1 Å². The lowest BCUT2D eigenvalue weighted by Gasteiger charge is -2.30. The summed E-state index contributed by atoms with van der Waals surface area (Å²) < 4.78 is 29.4. The number of sulfonamides is 1. The van der Waals surface area contributed by atoms with Gasteiger partial charge in [0.05, 0.1) is 28.9 Å². The smallest absolute Gasteiger partial charge is 0.322 e. The van der Waals surface area contributed by atoms with Crippen molar-refractivity contribution in [1.29, 1.82) is 0 Å². The van der Waals surface area contributed by atoms with Gasteiger partial charge in [-0.3, -0.25) is 9.69 Å². The lowest BCUT2D eigenvalue weighted by molar-refractivity contribution is -0.134. The number of likely N-dealkylation sites (N-methyl/N-ethyl adjacent to an activating group) is 1. The summed E-state index contributed by atoms with van der Waals surface area (Å²) in [7, 11) is -2.27. The van der Waals surface area contributed by atoms with E-state index in [1.807, 2.05) is 50.2 Å². The maximum absolute atomic E-state index is 14.0. The molecule has 0 aliphatic carbocycles. The van der Waals surface area contributed by atoms with Crippen molar-refractivity contribution in [2.24, 2.45) is 5.92 Å². The number of hydrogen-bond acceptors (Lipinski definition) is 4. The Labute approximate surface area is 212 Å². The lowest BCUT2D eigenvalue weighted by Crippen LogP contribution is -2.44. The molecule has 1 heterocycles. The highest BCUT2D eigenvalue weighted by Crippen LogP contribution is 2.37. The topological polar surface area (TPSA) is 86.8 Å². The van der Waals surface area contributed by atoms with Crippen molar-refractivity contribution in [2.45, 2.75) is 43.8 Å². The second-order valence-corrected chi connectivity index (χ2v) is 11.0. The first-order chi connectivity index (χ1) is 17.1. The molecule has 1 N–H and O–H groups in total. The summed E-state index contributed by atoms with van der Waals surface area (Å²) in [6, 6.07) is 22.9. The van der Waals surface area contributed by atoms with Gasteiger partial charge in [0.2, 0.25) is 15.9 Å². The monoisotopic (exact) mass is 505 g/mol. The molecule has 0 radical (unpaired) electrons. The summed E-state index contributed by atoms with van der Waals surface area (Å²) >= 11 is 0. The van der Waals surface area contributed by atoms with E-state index in [9.17, 15) is 18.0 Å².